The van der Waals surface area contributed by atoms with E-state index in [1.165, 1.54) is 0 Å². The number of nitrogens with two attached hydrogens (primary N) is 1. The number of ether oxygens (including phenoxy) is 1. The molecule has 114 valence electrons. The summed E-state index contributed by atoms with van der Waals surface area (Å²) in [5, 5.41) is 10.4. The minimum Gasteiger partial charge on any atom is -0.508 e. The van der Waals surface area contributed by atoms with Crippen molar-refractivity contribution in [1.29, 1.82) is 0 Å². The Kier molecular flexibility index (Phi) is 3.67. The Hall–Kier alpha value is -2.62. The standard InChI is InChI=1S/C18H20N2O2/c1-12(2)20-10-13(16-4-3-5-17(19)18(16)20)11-22-15-8-6-14(21)7-9-15/h3-10,12,21H,11,19H2,1-2H3. The first-order valence-corrected chi connectivity index (χ1v) is 7.36. The fourth-order valence-corrected chi connectivity index (χ4v) is 2.64. The van der Waals surface area contributed by atoms with Crippen LogP contribution in [0.1, 0.15) is 25.5 Å². The van der Waals surface area contributed by atoms with Crippen LogP contribution in [0.15, 0.2) is 48.7 Å². The van der Waals surface area contributed by atoms with Crippen molar-refractivity contribution >= 4 is 16.6 Å². The molecule has 0 spiro atoms. The maximum Gasteiger partial charge on any atom is 0.120 e. The van der Waals surface area contributed by atoms with E-state index in [1.807, 2.05) is 12.1 Å². The number of benzene rings is 2. The van der Waals surface area contributed by atoms with Gasteiger partial charge in [0, 0.05) is 23.2 Å². The summed E-state index contributed by atoms with van der Waals surface area (Å²) in [6.07, 6.45) is 2.10. The van der Waals surface area contributed by atoms with E-state index < -0.39 is 0 Å². The van der Waals surface area contributed by atoms with Crippen molar-refractivity contribution < 1.29 is 9.84 Å². The van der Waals surface area contributed by atoms with Crippen LogP contribution < -0.4 is 10.5 Å². The lowest BCUT2D eigenvalue weighted by atomic mass is 10.1. The number of aromatic hydroxyl groups is 1. The number of nitrogens with zero attached hydrogens (tertiary/aromatic N) is 1. The van der Waals surface area contributed by atoms with E-state index in [0.29, 0.717) is 12.6 Å². The van der Waals surface area contributed by atoms with Gasteiger partial charge in [0.05, 0.1) is 11.2 Å². The maximum absolute atomic E-state index is 9.31. The normalized spacial score (nSPS) is 11.2. The maximum atomic E-state index is 9.31. The lowest BCUT2D eigenvalue weighted by Gasteiger charge is -2.10. The molecule has 0 saturated carbocycles. The molecule has 0 aliphatic heterocycles. The fraction of sp³-hybridized carbons (Fsp3) is 0.222. The van der Waals surface area contributed by atoms with Crippen LogP contribution in [0.2, 0.25) is 0 Å². The van der Waals surface area contributed by atoms with Gasteiger partial charge in [-0.1, -0.05) is 12.1 Å². The fourth-order valence-electron chi connectivity index (χ4n) is 2.64. The third kappa shape index (κ3) is 2.60. The number of aromatic nitrogens is 1. The van der Waals surface area contributed by atoms with Crippen LogP contribution in [-0.2, 0) is 6.61 Å². The molecule has 0 fully saturated rings. The minimum atomic E-state index is 0.233. The molecule has 1 heterocycles. The Labute approximate surface area is 129 Å². The Morgan fingerprint density at radius 2 is 1.86 bits per heavy atom. The molecule has 0 radical (unpaired) electrons. The predicted molar refractivity (Wildman–Crippen MR) is 89.2 cm³/mol. The van der Waals surface area contributed by atoms with Crippen LogP contribution in [0, 0.1) is 0 Å². The van der Waals surface area contributed by atoms with Gasteiger partial charge in [0.15, 0.2) is 0 Å². The first-order chi connectivity index (χ1) is 10.6. The number of anilines is 1. The molecule has 0 bridgehead atoms. The summed E-state index contributed by atoms with van der Waals surface area (Å²) in [6.45, 7) is 4.73. The van der Waals surface area contributed by atoms with Crippen molar-refractivity contribution in [3.63, 3.8) is 0 Å². The second-order valence-corrected chi connectivity index (χ2v) is 5.68. The Morgan fingerprint density at radius 1 is 1.14 bits per heavy atom. The molecule has 4 nitrogen and oxygen atoms in total. The van der Waals surface area contributed by atoms with E-state index in [0.717, 1.165) is 27.9 Å². The lowest BCUT2D eigenvalue weighted by molar-refractivity contribution is 0.306. The van der Waals surface area contributed by atoms with Gasteiger partial charge in [-0.05, 0) is 44.2 Å². The summed E-state index contributed by atoms with van der Waals surface area (Å²) in [5.41, 5.74) is 9.08. The van der Waals surface area contributed by atoms with Gasteiger partial charge in [0.1, 0.15) is 18.1 Å². The van der Waals surface area contributed by atoms with Gasteiger partial charge < -0.3 is 20.1 Å². The number of para-hydroxylation sites is 1. The van der Waals surface area contributed by atoms with E-state index in [4.69, 9.17) is 10.5 Å². The number of hydrogen-bond acceptors (Lipinski definition) is 3. The zero-order chi connectivity index (χ0) is 15.7. The molecule has 0 aliphatic rings. The molecular formula is C18H20N2O2. The Balaban J connectivity index is 1.94. The second kappa shape index (κ2) is 5.64. The molecule has 3 rings (SSSR count). The third-order valence-electron chi connectivity index (χ3n) is 3.75. The van der Waals surface area contributed by atoms with Crippen molar-refractivity contribution in [3.8, 4) is 11.5 Å². The average molecular weight is 296 g/mol. The van der Waals surface area contributed by atoms with Crippen molar-refractivity contribution in [1.82, 2.24) is 4.57 Å². The molecule has 0 atom stereocenters. The number of rotatable bonds is 4. The Morgan fingerprint density at radius 3 is 2.55 bits per heavy atom. The number of hydrogen-bond donors (Lipinski definition) is 2. The van der Waals surface area contributed by atoms with E-state index >= 15 is 0 Å². The smallest absolute Gasteiger partial charge is 0.120 e. The molecular weight excluding hydrogens is 276 g/mol. The average Bonchev–Trinajstić information content (AvgIpc) is 2.87. The molecule has 0 unspecified atom stereocenters. The summed E-state index contributed by atoms with van der Waals surface area (Å²) in [5.74, 6) is 0.962. The monoisotopic (exact) mass is 296 g/mol. The molecule has 0 amide bonds. The zero-order valence-corrected chi connectivity index (χ0v) is 12.8. The van der Waals surface area contributed by atoms with Crippen LogP contribution in [0.3, 0.4) is 0 Å². The predicted octanol–water partition coefficient (Wildman–Crippen LogP) is 4.09. The van der Waals surface area contributed by atoms with Gasteiger partial charge in [-0.3, -0.25) is 0 Å². The minimum absolute atomic E-state index is 0.233. The molecule has 3 aromatic rings. The summed E-state index contributed by atoms with van der Waals surface area (Å²) < 4.78 is 8.00. The van der Waals surface area contributed by atoms with Gasteiger partial charge in [-0.2, -0.15) is 0 Å². The van der Waals surface area contributed by atoms with Crippen LogP contribution in [-0.4, -0.2) is 9.67 Å². The van der Waals surface area contributed by atoms with Gasteiger partial charge in [0.25, 0.3) is 0 Å². The molecule has 2 aromatic carbocycles. The highest BCUT2D eigenvalue weighted by atomic mass is 16.5. The molecule has 0 aliphatic carbocycles. The van der Waals surface area contributed by atoms with E-state index in [-0.39, 0.29) is 5.75 Å². The van der Waals surface area contributed by atoms with Crippen molar-refractivity contribution in [3.05, 3.63) is 54.2 Å². The van der Waals surface area contributed by atoms with Crippen LogP contribution >= 0.6 is 0 Å². The van der Waals surface area contributed by atoms with Gasteiger partial charge in [-0.15, -0.1) is 0 Å². The zero-order valence-electron chi connectivity index (χ0n) is 12.8. The summed E-state index contributed by atoms with van der Waals surface area (Å²) in [7, 11) is 0. The second-order valence-electron chi connectivity index (χ2n) is 5.68. The van der Waals surface area contributed by atoms with Crippen molar-refractivity contribution in [2.45, 2.75) is 26.5 Å². The van der Waals surface area contributed by atoms with E-state index in [1.54, 1.807) is 24.3 Å². The van der Waals surface area contributed by atoms with Crippen LogP contribution in [0.4, 0.5) is 5.69 Å². The number of phenols is 1. The van der Waals surface area contributed by atoms with Crippen molar-refractivity contribution in [2.24, 2.45) is 0 Å². The molecule has 1 aromatic heterocycles. The quantitative estimate of drug-likeness (QED) is 0.713. The van der Waals surface area contributed by atoms with Crippen LogP contribution in [0.25, 0.3) is 10.9 Å². The molecule has 22 heavy (non-hydrogen) atoms. The van der Waals surface area contributed by atoms with Gasteiger partial charge in [0.2, 0.25) is 0 Å². The first kappa shape index (κ1) is 14.3. The molecule has 3 N–H and O–H groups in total. The van der Waals surface area contributed by atoms with Gasteiger partial charge in [-0.25, -0.2) is 0 Å². The van der Waals surface area contributed by atoms with Crippen molar-refractivity contribution in [2.75, 3.05) is 5.73 Å². The summed E-state index contributed by atoms with van der Waals surface area (Å²) >= 11 is 0. The highest BCUT2D eigenvalue weighted by Gasteiger charge is 2.13. The SMILES string of the molecule is CC(C)n1cc(COc2ccc(O)cc2)c2cccc(N)c21. The highest BCUT2D eigenvalue weighted by molar-refractivity contribution is 5.93. The number of nitrogen functional groups attached to an aromatic ring is 1. The van der Waals surface area contributed by atoms with Crippen LogP contribution in [0.5, 0.6) is 11.5 Å². The number of phenolic OH excluding ortho intramolecular Hbond substituents is 1. The largest absolute Gasteiger partial charge is 0.508 e. The molecule has 4 heteroatoms. The highest BCUT2D eigenvalue weighted by Crippen LogP contribution is 2.30. The van der Waals surface area contributed by atoms with E-state index in [9.17, 15) is 5.11 Å². The molecule has 0 saturated heterocycles. The van der Waals surface area contributed by atoms with E-state index in [2.05, 4.69) is 30.7 Å². The van der Waals surface area contributed by atoms with Gasteiger partial charge >= 0.3 is 0 Å². The first-order valence-electron chi connectivity index (χ1n) is 7.36. The lowest BCUT2D eigenvalue weighted by Crippen LogP contribution is -2.00. The summed E-state index contributed by atoms with van der Waals surface area (Å²) in [4.78, 5) is 0. The summed E-state index contributed by atoms with van der Waals surface area (Å²) in [6, 6.07) is 13.0. The third-order valence-corrected chi connectivity index (χ3v) is 3.75. The Bertz CT molecular complexity index is 789. The topological polar surface area (TPSA) is 60.4 Å². The number of fused-ring (bicyclic) bond motifs is 1.